The first-order valence-electron chi connectivity index (χ1n) is 3.56. The second-order valence-corrected chi connectivity index (χ2v) is 2.57. The molecule has 0 fully saturated rings. The Morgan fingerprint density at radius 2 is 1.86 bits per heavy atom. The van der Waals surface area contributed by atoms with Gasteiger partial charge in [0, 0.05) is 5.56 Å². The average Bonchev–Trinajstić information content (AvgIpc) is 2.13. The molecular weight excluding hydrogens is 195 g/mol. The van der Waals surface area contributed by atoms with Gasteiger partial charge in [-0.2, -0.15) is 0 Å². The quantitative estimate of drug-likeness (QED) is 0.519. The Morgan fingerprint density at radius 1 is 1.29 bits per heavy atom. The number of aromatic hydroxyl groups is 2. The van der Waals surface area contributed by atoms with E-state index in [1.54, 1.807) is 0 Å². The van der Waals surface area contributed by atoms with E-state index in [1.807, 2.05) is 0 Å². The fraction of sp³-hybridized carbons (Fsp3) is 0.125. The Balaban J connectivity index is 3.24. The van der Waals surface area contributed by atoms with Gasteiger partial charge in [-0.15, -0.1) is 0 Å². The molecule has 0 saturated heterocycles. The molecule has 1 atom stereocenters. The number of hydrogen-bond acceptors (Lipinski definition) is 4. The first-order chi connectivity index (χ1) is 6.45. The average molecular weight is 202 g/mol. The summed E-state index contributed by atoms with van der Waals surface area (Å²) in [6, 6.07) is 1.62. The third-order valence-electron chi connectivity index (χ3n) is 1.66. The second kappa shape index (κ2) is 3.51. The Hall–Kier alpha value is -1.82. The van der Waals surface area contributed by atoms with Crippen LogP contribution in [0, 0.1) is 5.82 Å². The zero-order chi connectivity index (χ0) is 10.9. The van der Waals surface area contributed by atoms with Crippen LogP contribution in [0.3, 0.4) is 0 Å². The number of benzene rings is 1. The second-order valence-electron chi connectivity index (χ2n) is 2.57. The Morgan fingerprint density at radius 3 is 2.36 bits per heavy atom. The van der Waals surface area contributed by atoms with Crippen LogP contribution in [-0.4, -0.2) is 26.4 Å². The number of carbonyl (C=O) groups is 1. The predicted octanol–water partition coefficient (Wildman–Crippen LogP) is 0.355. The van der Waals surface area contributed by atoms with Crippen molar-refractivity contribution in [1.29, 1.82) is 0 Å². The van der Waals surface area contributed by atoms with E-state index >= 15 is 0 Å². The molecule has 1 aromatic carbocycles. The molecule has 4 N–H and O–H groups in total. The Kier molecular flexibility index (Phi) is 2.57. The fourth-order valence-electron chi connectivity index (χ4n) is 0.924. The van der Waals surface area contributed by atoms with Gasteiger partial charge in [0.05, 0.1) is 0 Å². The van der Waals surface area contributed by atoms with E-state index < -0.39 is 35.0 Å². The summed E-state index contributed by atoms with van der Waals surface area (Å²) in [6.07, 6.45) is -2.00. The van der Waals surface area contributed by atoms with Crippen LogP contribution in [0.25, 0.3) is 0 Å². The smallest absolute Gasteiger partial charge is 0.337 e. The van der Waals surface area contributed by atoms with Crippen LogP contribution >= 0.6 is 0 Å². The number of aliphatic hydroxyl groups is 1. The molecular formula is C8H7FO5. The van der Waals surface area contributed by atoms with Gasteiger partial charge in [-0.05, 0) is 12.1 Å². The molecule has 0 radical (unpaired) electrons. The number of carboxylic acid groups (broad SMARTS) is 1. The van der Waals surface area contributed by atoms with Crippen molar-refractivity contribution >= 4 is 5.97 Å². The first kappa shape index (κ1) is 10.3. The zero-order valence-electron chi connectivity index (χ0n) is 6.81. The minimum absolute atomic E-state index is 0.462. The summed E-state index contributed by atoms with van der Waals surface area (Å²) < 4.78 is 12.6. The van der Waals surface area contributed by atoms with Crippen molar-refractivity contribution in [3.05, 3.63) is 23.5 Å². The van der Waals surface area contributed by atoms with E-state index in [9.17, 15) is 9.18 Å². The van der Waals surface area contributed by atoms with Crippen LogP contribution in [0.15, 0.2) is 12.1 Å². The molecule has 0 aliphatic heterocycles. The SMILES string of the molecule is O=C(O)[C@@H](O)c1ccc(F)c(O)c1O. The van der Waals surface area contributed by atoms with Crippen molar-refractivity contribution < 1.29 is 29.6 Å². The molecule has 76 valence electrons. The van der Waals surface area contributed by atoms with Gasteiger partial charge in [-0.1, -0.05) is 0 Å². The molecule has 14 heavy (non-hydrogen) atoms. The van der Waals surface area contributed by atoms with Gasteiger partial charge in [-0.25, -0.2) is 9.18 Å². The monoisotopic (exact) mass is 202 g/mol. The number of rotatable bonds is 2. The number of hydrogen-bond donors (Lipinski definition) is 4. The first-order valence-corrected chi connectivity index (χ1v) is 3.56. The minimum atomic E-state index is -2.00. The maximum absolute atomic E-state index is 12.6. The molecule has 5 nitrogen and oxygen atoms in total. The van der Waals surface area contributed by atoms with Gasteiger partial charge in [0.1, 0.15) is 0 Å². The van der Waals surface area contributed by atoms with Crippen LogP contribution < -0.4 is 0 Å². The highest BCUT2D eigenvalue weighted by Gasteiger charge is 2.22. The molecule has 0 aromatic heterocycles. The van der Waals surface area contributed by atoms with E-state index in [1.165, 1.54) is 0 Å². The number of aliphatic carboxylic acids is 1. The van der Waals surface area contributed by atoms with E-state index in [-0.39, 0.29) is 0 Å². The van der Waals surface area contributed by atoms with Gasteiger partial charge in [0.2, 0.25) is 0 Å². The van der Waals surface area contributed by atoms with Crippen molar-refractivity contribution in [2.24, 2.45) is 0 Å². The maximum atomic E-state index is 12.6. The van der Waals surface area contributed by atoms with E-state index in [2.05, 4.69) is 0 Å². The standard InChI is InChI=1S/C8H7FO5/c9-4-2-1-3(5(10)7(4)12)6(11)8(13)14/h1-2,6,10-12H,(H,13,14)/t6-/m0/s1. The van der Waals surface area contributed by atoms with Crippen molar-refractivity contribution in [2.75, 3.05) is 0 Å². The predicted molar refractivity (Wildman–Crippen MR) is 42.3 cm³/mol. The molecule has 0 aliphatic rings. The molecule has 6 heteroatoms. The highest BCUT2D eigenvalue weighted by atomic mass is 19.1. The maximum Gasteiger partial charge on any atom is 0.337 e. The molecule has 0 spiro atoms. The highest BCUT2D eigenvalue weighted by Crippen LogP contribution is 2.34. The summed E-state index contributed by atoms with van der Waals surface area (Å²) >= 11 is 0. The molecule has 0 bridgehead atoms. The normalized spacial score (nSPS) is 12.4. The highest BCUT2D eigenvalue weighted by molar-refractivity contribution is 5.75. The Bertz CT molecular complexity index is 376. The van der Waals surface area contributed by atoms with Gasteiger partial charge < -0.3 is 20.4 Å². The molecule has 0 heterocycles. The molecule has 0 aliphatic carbocycles. The number of phenolic OH excluding ortho intramolecular Hbond substituents is 2. The zero-order valence-corrected chi connectivity index (χ0v) is 6.81. The molecule has 1 aromatic rings. The van der Waals surface area contributed by atoms with Crippen LogP contribution in [0.5, 0.6) is 11.5 Å². The van der Waals surface area contributed by atoms with Crippen LogP contribution in [-0.2, 0) is 4.79 Å². The van der Waals surface area contributed by atoms with Crippen molar-refractivity contribution in [3.8, 4) is 11.5 Å². The van der Waals surface area contributed by atoms with Crippen LogP contribution in [0.1, 0.15) is 11.7 Å². The topological polar surface area (TPSA) is 98.0 Å². The summed E-state index contributed by atoms with van der Waals surface area (Å²) in [4.78, 5) is 10.3. The van der Waals surface area contributed by atoms with Gasteiger partial charge in [-0.3, -0.25) is 0 Å². The summed E-state index contributed by atoms with van der Waals surface area (Å²) in [7, 11) is 0. The van der Waals surface area contributed by atoms with E-state index in [0.717, 1.165) is 12.1 Å². The van der Waals surface area contributed by atoms with Crippen molar-refractivity contribution in [1.82, 2.24) is 0 Å². The molecule has 0 unspecified atom stereocenters. The number of halogens is 1. The van der Waals surface area contributed by atoms with Crippen molar-refractivity contribution in [2.45, 2.75) is 6.10 Å². The lowest BCUT2D eigenvalue weighted by atomic mass is 10.1. The third kappa shape index (κ3) is 1.60. The van der Waals surface area contributed by atoms with Crippen LogP contribution in [0.2, 0.25) is 0 Å². The number of aliphatic hydroxyl groups excluding tert-OH is 1. The Labute approximate surface area is 77.7 Å². The number of carboxylic acids is 1. The van der Waals surface area contributed by atoms with Crippen LogP contribution in [0.4, 0.5) is 4.39 Å². The summed E-state index contributed by atoms with van der Waals surface area (Å²) in [5, 5.41) is 35.4. The minimum Gasteiger partial charge on any atom is -0.504 e. The molecule has 1 rings (SSSR count). The van der Waals surface area contributed by atoms with Gasteiger partial charge >= 0.3 is 5.97 Å². The van der Waals surface area contributed by atoms with Gasteiger partial charge in [0.15, 0.2) is 23.4 Å². The van der Waals surface area contributed by atoms with E-state index in [0.29, 0.717) is 0 Å². The lowest BCUT2D eigenvalue weighted by molar-refractivity contribution is -0.147. The summed E-state index contributed by atoms with van der Waals surface area (Å²) in [6.45, 7) is 0. The largest absolute Gasteiger partial charge is 0.504 e. The summed E-state index contributed by atoms with van der Waals surface area (Å²) in [5.74, 6) is -4.75. The van der Waals surface area contributed by atoms with Gasteiger partial charge in [0.25, 0.3) is 0 Å². The lowest BCUT2D eigenvalue weighted by Crippen LogP contribution is -2.10. The van der Waals surface area contributed by atoms with Crippen molar-refractivity contribution in [3.63, 3.8) is 0 Å². The summed E-state index contributed by atoms with van der Waals surface area (Å²) in [5.41, 5.74) is -0.462. The molecule has 0 saturated carbocycles. The molecule has 0 amide bonds. The lowest BCUT2D eigenvalue weighted by Gasteiger charge is -2.09. The third-order valence-corrected chi connectivity index (χ3v) is 1.66. The number of phenols is 2. The van der Waals surface area contributed by atoms with E-state index in [4.69, 9.17) is 20.4 Å². The fourth-order valence-corrected chi connectivity index (χ4v) is 0.924.